The summed E-state index contributed by atoms with van der Waals surface area (Å²) in [6.07, 6.45) is 1.02. The zero-order valence-electron chi connectivity index (χ0n) is 9.54. The number of rotatable bonds is 5. The number of aliphatic carboxylic acids is 1. The van der Waals surface area contributed by atoms with Crippen molar-refractivity contribution in [2.75, 3.05) is 5.75 Å². The van der Waals surface area contributed by atoms with Crippen LogP contribution in [0.2, 0.25) is 0 Å². The average Bonchev–Trinajstić information content (AvgIpc) is 2.79. The zero-order chi connectivity index (χ0) is 12.1. The van der Waals surface area contributed by atoms with E-state index in [9.17, 15) is 4.79 Å². The number of carboxylic acid groups (broad SMARTS) is 1. The zero-order valence-corrected chi connectivity index (χ0v) is 10.4. The van der Waals surface area contributed by atoms with Gasteiger partial charge in [0.15, 0.2) is 6.10 Å². The molecule has 1 aliphatic rings. The molecule has 0 bridgehead atoms. The fraction of sp³-hybridized carbons (Fsp3) is 0.462. The molecule has 1 aromatic rings. The number of hydrogen-bond donors (Lipinski definition) is 1. The van der Waals surface area contributed by atoms with Crippen molar-refractivity contribution in [3.05, 3.63) is 35.9 Å². The number of carboxylic acids is 1. The van der Waals surface area contributed by atoms with E-state index < -0.39 is 12.1 Å². The van der Waals surface area contributed by atoms with Crippen molar-refractivity contribution < 1.29 is 14.6 Å². The first-order chi connectivity index (χ1) is 8.25. The van der Waals surface area contributed by atoms with Crippen LogP contribution in [0.5, 0.6) is 0 Å². The van der Waals surface area contributed by atoms with Crippen molar-refractivity contribution in [1.29, 1.82) is 0 Å². The molecule has 2 unspecified atom stereocenters. The summed E-state index contributed by atoms with van der Waals surface area (Å²) in [6.45, 7) is 0. The van der Waals surface area contributed by atoms with E-state index in [4.69, 9.17) is 9.84 Å². The van der Waals surface area contributed by atoms with E-state index in [1.807, 2.05) is 18.2 Å². The largest absolute Gasteiger partial charge is 0.479 e. The Morgan fingerprint density at radius 2 is 2.12 bits per heavy atom. The molecule has 1 saturated heterocycles. The summed E-state index contributed by atoms with van der Waals surface area (Å²) in [4.78, 5) is 10.7. The van der Waals surface area contributed by atoms with E-state index >= 15 is 0 Å². The summed E-state index contributed by atoms with van der Waals surface area (Å²) in [7, 11) is 0. The highest BCUT2D eigenvalue weighted by atomic mass is 32.2. The standard InChI is InChI=1S/C13H16O3S/c14-13(15)12-7-6-11(16-12)9-17-8-10-4-2-1-3-5-10/h1-5,11-12H,6-9H2,(H,14,15). The summed E-state index contributed by atoms with van der Waals surface area (Å²) < 4.78 is 5.44. The molecule has 1 fully saturated rings. The molecule has 0 saturated carbocycles. The third-order valence-electron chi connectivity index (χ3n) is 2.80. The van der Waals surface area contributed by atoms with Crippen molar-refractivity contribution in [3.8, 4) is 0 Å². The molecule has 17 heavy (non-hydrogen) atoms. The third-order valence-corrected chi connectivity index (χ3v) is 3.94. The van der Waals surface area contributed by atoms with Gasteiger partial charge in [-0.1, -0.05) is 30.3 Å². The minimum absolute atomic E-state index is 0.102. The van der Waals surface area contributed by atoms with Crippen molar-refractivity contribution in [2.24, 2.45) is 0 Å². The Morgan fingerprint density at radius 1 is 1.35 bits per heavy atom. The van der Waals surface area contributed by atoms with Crippen LogP contribution >= 0.6 is 11.8 Å². The molecule has 0 spiro atoms. The normalized spacial score (nSPS) is 23.8. The first-order valence-electron chi connectivity index (χ1n) is 5.75. The molecule has 0 aromatic heterocycles. The molecule has 3 nitrogen and oxygen atoms in total. The predicted octanol–water partition coefficient (Wildman–Crippen LogP) is 2.55. The molecule has 1 heterocycles. The maximum atomic E-state index is 10.7. The predicted molar refractivity (Wildman–Crippen MR) is 68.1 cm³/mol. The minimum atomic E-state index is -0.833. The molecule has 0 amide bonds. The van der Waals surface area contributed by atoms with Gasteiger partial charge in [-0.05, 0) is 18.4 Å². The molecule has 1 aromatic carbocycles. The van der Waals surface area contributed by atoms with Gasteiger partial charge >= 0.3 is 5.97 Å². The maximum Gasteiger partial charge on any atom is 0.332 e. The van der Waals surface area contributed by atoms with E-state index in [-0.39, 0.29) is 6.10 Å². The summed E-state index contributed by atoms with van der Waals surface area (Å²) in [5.74, 6) is 0.998. The molecule has 0 radical (unpaired) electrons. The van der Waals surface area contributed by atoms with Gasteiger partial charge in [0.25, 0.3) is 0 Å². The molecule has 2 atom stereocenters. The molecular weight excluding hydrogens is 236 g/mol. The second-order valence-corrected chi connectivity index (χ2v) is 5.19. The fourth-order valence-corrected chi connectivity index (χ4v) is 2.95. The van der Waals surface area contributed by atoms with Crippen molar-refractivity contribution in [2.45, 2.75) is 30.8 Å². The highest BCUT2D eigenvalue weighted by molar-refractivity contribution is 7.98. The van der Waals surface area contributed by atoms with Gasteiger partial charge in [-0.15, -0.1) is 0 Å². The molecule has 1 aliphatic heterocycles. The van der Waals surface area contributed by atoms with E-state index in [2.05, 4.69) is 12.1 Å². The third kappa shape index (κ3) is 3.75. The lowest BCUT2D eigenvalue weighted by molar-refractivity contribution is -0.148. The smallest absolute Gasteiger partial charge is 0.332 e. The van der Waals surface area contributed by atoms with Crippen LogP contribution in [-0.2, 0) is 15.3 Å². The van der Waals surface area contributed by atoms with Crippen LogP contribution in [0.3, 0.4) is 0 Å². The number of benzene rings is 1. The van der Waals surface area contributed by atoms with E-state index in [1.54, 1.807) is 11.8 Å². The van der Waals surface area contributed by atoms with Gasteiger partial charge in [0, 0.05) is 11.5 Å². The highest BCUT2D eigenvalue weighted by Crippen LogP contribution is 2.24. The van der Waals surface area contributed by atoms with Gasteiger partial charge in [0.2, 0.25) is 0 Å². The molecule has 4 heteroatoms. The Kier molecular flexibility index (Phi) is 4.45. The Bertz CT molecular complexity index is 366. The number of thioether (sulfide) groups is 1. The van der Waals surface area contributed by atoms with Gasteiger partial charge in [-0.25, -0.2) is 4.79 Å². The second-order valence-electron chi connectivity index (χ2n) is 4.16. The monoisotopic (exact) mass is 252 g/mol. The summed E-state index contributed by atoms with van der Waals surface area (Å²) in [6, 6.07) is 10.3. The first-order valence-corrected chi connectivity index (χ1v) is 6.91. The number of carbonyl (C=O) groups is 1. The van der Waals surface area contributed by atoms with Crippen LogP contribution in [0.15, 0.2) is 30.3 Å². The van der Waals surface area contributed by atoms with E-state index in [0.717, 1.165) is 17.9 Å². The molecule has 92 valence electrons. The quantitative estimate of drug-likeness (QED) is 0.875. The van der Waals surface area contributed by atoms with Gasteiger partial charge in [-0.2, -0.15) is 11.8 Å². The van der Waals surface area contributed by atoms with Crippen LogP contribution in [0.1, 0.15) is 18.4 Å². The Labute approximate surface area is 105 Å². The number of ether oxygens (including phenoxy) is 1. The second kappa shape index (κ2) is 6.07. The molecular formula is C13H16O3S. The van der Waals surface area contributed by atoms with Crippen molar-refractivity contribution >= 4 is 17.7 Å². The highest BCUT2D eigenvalue weighted by Gasteiger charge is 2.29. The van der Waals surface area contributed by atoms with Crippen molar-refractivity contribution in [3.63, 3.8) is 0 Å². The van der Waals surface area contributed by atoms with Crippen LogP contribution in [0, 0.1) is 0 Å². The number of hydrogen-bond acceptors (Lipinski definition) is 3. The fourth-order valence-electron chi connectivity index (χ4n) is 1.89. The van der Waals surface area contributed by atoms with E-state index in [0.29, 0.717) is 6.42 Å². The first kappa shape index (κ1) is 12.5. The van der Waals surface area contributed by atoms with Crippen LogP contribution in [0.4, 0.5) is 0 Å². The Balaban J connectivity index is 1.68. The lowest BCUT2D eigenvalue weighted by Crippen LogP contribution is -2.21. The minimum Gasteiger partial charge on any atom is -0.479 e. The maximum absolute atomic E-state index is 10.7. The summed E-state index contributed by atoms with van der Waals surface area (Å²) in [5.41, 5.74) is 1.30. The molecule has 2 rings (SSSR count). The summed E-state index contributed by atoms with van der Waals surface area (Å²) in [5, 5.41) is 8.80. The summed E-state index contributed by atoms with van der Waals surface area (Å²) >= 11 is 1.80. The lowest BCUT2D eigenvalue weighted by Gasteiger charge is -2.10. The van der Waals surface area contributed by atoms with Crippen molar-refractivity contribution in [1.82, 2.24) is 0 Å². The average molecular weight is 252 g/mol. The van der Waals surface area contributed by atoms with Gasteiger partial charge in [0.05, 0.1) is 6.10 Å². The van der Waals surface area contributed by atoms with Crippen LogP contribution < -0.4 is 0 Å². The van der Waals surface area contributed by atoms with E-state index in [1.165, 1.54) is 5.56 Å². The SMILES string of the molecule is O=C(O)C1CCC(CSCc2ccccc2)O1. The lowest BCUT2D eigenvalue weighted by atomic mass is 10.2. The van der Waals surface area contributed by atoms with Gasteiger partial charge < -0.3 is 9.84 Å². The van der Waals surface area contributed by atoms with Gasteiger partial charge in [0.1, 0.15) is 0 Å². The topological polar surface area (TPSA) is 46.5 Å². The van der Waals surface area contributed by atoms with Crippen LogP contribution in [0.25, 0.3) is 0 Å². The van der Waals surface area contributed by atoms with Gasteiger partial charge in [-0.3, -0.25) is 0 Å². The Hall–Kier alpha value is -1.00. The molecule has 0 aliphatic carbocycles. The Morgan fingerprint density at radius 3 is 2.76 bits per heavy atom. The van der Waals surface area contributed by atoms with Crippen LogP contribution in [-0.4, -0.2) is 29.0 Å². The molecule has 1 N–H and O–H groups in total.